The predicted octanol–water partition coefficient (Wildman–Crippen LogP) is 6.32. The molecule has 32 heavy (non-hydrogen) atoms. The largest absolute Gasteiger partial charge is 0.323 e. The molecule has 2 N–H and O–H groups in total. The first-order valence-corrected chi connectivity index (χ1v) is 11.4. The monoisotopic (exact) mass is 440 g/mol. The highest BCUT2D eigenvalue weighted by molar-refractivity contribution is 8.00. The number of nitro groups is 1. The lowest BCUT2D eigenvalue weighted by Crippen LogP contribution is -2.28. The summed E-state index contributed by atoms with van der Waals surface area (Å²) >= 11 is 1.70. The molecular formula is C27H24N2O2S. The number of nitrogens with two attached hydrogens (primary N) is 1. The van der Waals surface area contributed by atoms with E-state index in [4.69, 9.17) is 5.73 Å². The first-order chi connectivity index (χ1) is 15.6. The van der Waals surface area contributed by atoms with Gasteiger partial charge in [0.05, 0.1) is 9.67 Å². The van der Waals surface area contributed by atoms with Crippen LogP contribution in [0.3, 0.4) is 0 Å². The molecule has 1 atom stereocenters. The smallest absolute Gasteiger partial charge is 0.274 e. The van der Waals surface area contributed by atoms with Crippen molar-refractivity contribution in [2.75, 3.05) is 5.75 Å². The molecule has 4 rings (SSSR count). The Morgan fingerprint density at radius 1 is 0.719 bits per heavy atom. The third-order valence-electron chi connectivity index (χ3n) is 5.55. The molecule has 4 nitrogen and oxygen atoms in total. The fourth-order valence-corrected chi connectivity index (χ4v) is 5.56. The van der Waals surface area contributed by atoms with Gasteiger partial charge in [-0.2, -0.15) is 0 Å². The molecule has 0 saturated heterocycles. The number of rotatable bonds is 8. The van der Waals surface area contributed by atoms with Gasteiger partial charge < -0.3 is 5.73 Å². The second kappa shape index (κ2) is 9.81. The maximum absolute atomic E-state index is 11.5. The maximum atomic E-state index is 11.5. The second-order valence-corrected chi connectivity index (χ2v) is 8.75. The van der Waals surface area contributed by atoms with Crippen LogP contribution in [0.2, 0.25) is 0 Å². The molecule has 0 aliphatic heterocycles. The summed E-state index contributed by atoms with van der Waals surface area (Å²) in [6.45, 7) is 0. The summed E-state index contributed by atoms with van der Waals surface area (Å²) in [6, 6.07) is 37.3. The van der Waals surface area contributed by atoms with Gasteiger partial charge in [0, 0.05) is 23.4 Å². The van der Waals surface area contributed by atoms with Crippen LogP contribution in [-0.4, -0.2) is 10.7 Å². The fraction of sp³-hybridized carbons (Fsp3) is 0.111. The average molecular weight is 441 g/mol. The van der Waals surface area contributed by atoms with E-state index < -0.39 is 10.8 Å². The summed E-state index contributed by atoms with van der Waals surface area (Å²) in [5.41, 5.74) is 10.6. The van der Waals surface area contributed by atoms with Gasteiger partial charge in [-0.15, -0.1) is 11.8 Å². The molecule has 0 fully saturated rings. The van der Waals surface area contributed by atoms with Gasteiger partial charge in [-0.25, -0.2) is 0 Å². The minimum absolute atomic E-state index is 0.0605. The summed E-state index contributed by atoms with van der Waals surface area (Å²) in [5.74, 6) is 0.504. The van der Waals surface area contributed by atoms with Gasteiger partial charge in [0.25, 0.3) is 5.69 Å². The van der Waals surface area contributed by atoms with E-state index in [1.165, 1.54) is 6.07 Å². The number of nitro benzene ring substituents is 1. The fourth-order valence-electron chi connectivity index (χ4n) is 4.04. The molecular weight excluding hydrogens is 416 g/mol. The zero-order valence-corrected chi connectivity index (χ0v) is 18.3. The van der Waals surface area contributed by atoms with Crippen molar-refractivity contribution in [2.24, 2.45) is 5.73 Å². The Bertz CT molecular complexity index is 1070. The van der Waals surface area contributed by atoms with E-state index in [0.29, 0.717) is 11.3 Å². The van der Waals surface area contributed by atoms with Crippen molar-refractivity contribution < 1.29 is 4.92 Å². The van der Waals surface area contributed by atoms with Crippen LogP contribution in [0.4, 0.5) is 5.69 Å². The Morgan fingerprint density at radius 3 is 1.56 bits per heavy atom. The van der Waals surface area contributed by atoms with Crippen molar-refractivity contribution in [3.05, 3.63) is 148 Å². The lowest BCUT2D eigenvalue weighted by Gasteiger charge is -2.36. The van der Waals surface area contributed by atoms with Gasteiger partial charge in [-0.1, -0.05) is 109 Å². The number of para-hydroxylation sites is 1. The Kier molecular flexibility index (Phi) is 6.69. The van der Waals surface area contributed by atoms with Crippen LogP contribution in [-0.2, 0) is 4.75 Å². The van der Waals surface area contributed by atoms with Gasteiger partial charge in [-0.3, -0.25) is 10.1 Å². The minimum Gasteiger partial charge on any atom is -0.323 e. The first-order valence-electron chi connectivity index (χ1n) is 10.4. The summed E-state index contributed by atoms with van der Waals surface area (Å²) in [6.07, 6.45) is 0. The molecule has 0 amide bonds. The van der Waals surface area contributed by atoms with Crippen LogP contribution < -0.4 is 5.73 Å². The normalized spacial score (nSPS) is 12.3. The Morgan fingerprint density at radius 2 is 1.12 bits per heavy atom. The Hall–Kier alpha value is -3.41. The molecule has 160 valence electrons. The topological polar surface area (TPSA) is 69.2 Å². The molecule has 4 aromatic rings. The standard InChI is InChI=1S/C27H24N2O2S/c28-25(24-18-10-11-19-26(24)29(30)31)20-32-27(21-12-4-1-5-13-21,22-14-6-2-7-15-22)23-16-8-3-9-17-23/h1-19,25H,20,28H2. The van der Waals surface area contributed by atoms with Crippen molar-refractivity contribution in [3.8, 4) is 0 Å². The zero-order valence-electron chi connectivity index (χ0n) is 17.5. The summed E-state index contributed by atoms with van der Waals surface area (Å²) in [7, 11) is 0. The number of hydrogen-bond acceptors (Lipinski definition) is 4. The summed E-state index contributed by atoms with van der Waals surface area (Å²) < 4.78 is -0.509. The summed E-state index contributed by atoms with van der Waals surface area (Å²) in [4.78, 5) is 11.2. The molecule has 0 aliphatic rings. The van der Waals surface area contributed by atoms with E-state index in [1.807, 2.05) is 54.6 Å². The molecule has 5 heteroatoms. The van der Waals surface area contributed by atoms with Gasteiger partial charge in [0.15, 0.2) is 0 Å². The Labute approximate surface area is 192 Å². The van der Waals surface area contributed by atoms with Crippen molar-refractivity contribution in [1.82, 2.24) is 0 Å². The SMILES string of the molecule is NC(CSC(c1ccccc1)(c1ccccc1)c1ccccc1)c1ccccc1[N+](=O)[O-]. The number of nitrogens with zero attached hydrogens (tertiary/aromatic N) is 1. The van der Waals surface area contributed by atoms with Gasteiger partial charge in [0.2, 0.25) is 0 Å². The lowest BCUT2D eigenvalue weighted by molar-refractivity contribution is -0.385. The van der Waals surface area contributed by atoms with E-state index in [1.54, 1.807) is 30.0 Å². The van der Waals surface area contributed by atoms with Crippen molar-refractivity contribution in [1.29, 1.82) is 0 Å². The quantitative estimate of drug-likeness (QED) is 0.198. The summed E-state index contributed by atoms with van der Waals surface area (Å²) in [5, 5.41) is 11.5. The van der Waals surface area contributed by atoms with Crippen molar-refractivity contribution >= 4 is 17.4 Å². The van der Waals surface area contributed by atoms with Crippen LogP contribution in [0.1, 0.15) is 28.3 Å². The molecule has 0 aliphatic carbocycles. The molecule has 0 heterocycles. The number of thioether (sulfide) groups is 1. The maximum Gasteiger partial charge on any atom is 0.274 e. The number of hydrogen-bond donors (Lipinski definition) is 1. The van der Waals surface area contributed by atoms with Crippen LogP contribution in [0, 0.1) is 10.1 Å². The average Bonchev–Trinajstić information content (AvgIpc) is 2.86. The van der Waals surface area contributed by atoms with E-state index in [-0.39, 0.29) is 10.6 Å². The van der Waals surface area contributed by atoms with Crippen LogP contribution >= 0.6 is 11.8 Å². The van der Waals surface area contributed by atoms with Crippen LogP contribution in [0.15, 0.2) is 115 Å². The molecule has 0 saturated carbocycles. The van der Waals surface area contributed by atoms with E-state index in [0.717, 1.165) is 16.7 Å². The van der Waals surface area contributed by atoms with Crippen molar-refractivity contribution in [3.63, 3.8) is 0 Å². The highest BCUT2D eigenvalue weighted by Gasteiger charge is 2.37. The zero-order chi connectivity index (χ0) is 22.4. The predicted molar refractivity (Wildman–Crippen MR) is 132 cm³/mol. The lowest BCUT2D eigenvalue weighted by atomic mass is 9.84. The van der Waals surface area contributed by atoms with Crippen LogP contribution in [0.5, 0.6) is 0 Å². The highest BCUT2D eigenvalue weighted by atomic mass is 32.2. The van der Waals surface area contributed by atoms with Gasteiger partial charge in [-0.05, 0) is 16.7 Å². The molecule has 0 aromatic heterocycles. The van der Waals surface area contributed by atoms with E-state index >= 15 is 0 Å². The number of benzene rings is 4. The van der Waals surface area contributed by atoms with Crippen molar-refractivity contribution in [2.45, 2.75) is 10.8 Å². The molecule has 1 unspecified atom stereocenters. The van der Waals surface area contributed by atoms with Gasteiger partial charge in [0.1, 0.15) is 0 Å². The molecule has 0 spiro atoms. The van der Waals surface area contributed by atoms with E-state index in [2.05, 4.69) is 36.4 Å². The second-order valence-electron chi connectivity index (χ2n) is 7.51. The molecule has 4 aromatic carbocycles. The highest BCUT2D eigenvalue weighted by Crippen LogP contribution is 2.49. The first kappa shape index (κ1) is 21.8. The molecule has 0 bridgehead atoms. The molecule has 0 radical (unpaired) electrons. The minimum atomic E-state index is -0.509. The third kappa shape index (κ3) is 4.31. The third-order valence-corrected chi connectivity index (χ3v) is 7.22. The van der Waals surface area contributed by atoms with Crippen LogP contribution in [0.25, 0.3) is 0 Å². The Balaban J connectivity index is 1.81. The van der Waals surface area contributed by atoms with Gasteiger partial charge >= 0.3 is 0 Å². The van der Waals surface area contributed by atoms with E-state index in [9.17, 15) is 10.1 Å².